The van der Waals surface area contributed by atoms with Gasteiger partial charge in [-0.25, -0.2) is 0 Å². The molecule has 1 rings (SSSR count). The highest BCUT2D eigenvalue weighted by Crippen LogP contribution is 1.87. The second-order valence-corrected chi connectivity index (χ2v) is 1.82. The molecule has 10 heavy (non-hydrogen) atoms. The summed E-state index contributed by atoms with van der Waals surface area (Å²) in [6.45, 7) is 2.29. The van der Waals surface area contributed by atoms with Gasteiger partial charge in [0.15, 0.2) is 0 Å². The topological polar surface area (TPSA) is 42.6 Å². The highest BCUT2D eigenvalue weighted by atomic mass is 16.5. The fourth-order valence-corrected chi connectivity index (χ4v) is 0.672. The highest BCUT2D eigenvalue weighted by Gasteiger charge is 2.17. The SMILES string of the molecule is CCOB(O)c1ccco1. The molecule has 1 heterocycles. The third kappa shape index (κ3) is 1.62. The van der Waals surface area contributed by atoms with E-state index < -0.39 is 7.12 Å². The van der Waals surface area contributed by atoms with Crippen LogP contribution in [0.15, 0.2) is 22.8 Å². The van der Waals surface area contributed by atoms with Crippen LogP contribution in [0.25, 0.3) is 0 Å². The van der Waals surface area contributed by atoms with E-state index in [0.717, 1.165) is 0 Å². The quantitative estimate of drug-likeness (QED) is 0.601. The van der Waals surface area contributed by atoms with Crippen molar-refractivity contribution in [2.75, 3.05) is 6.61 Å². The predicted octanol–water partition coefficient (Wildman–Crippen LogP) is 0.00360. The first-order valence-electron chi connectivity index (χ1n) is 3.17. The highest BCUT2D eigenvalue weighted by molar-refractivity contribution is 6.58. The molecule has 1 N–H and O–H groups in total. The molecule has 0 radical (unpaired) electrons. The first-order chi connectivity index (χ1) is 4.84. The van der Waals surface area contributed by atoms with Crippen molar-refractivity contribution in [3.63, 3.8) is 0 Å². The lowest BCUT2D eigenvalue weighted by atomic mass is 9.87. The monoisotopic (exact) mass is 140 g/mol. The third-order valence-electron chi connectivity index (χ3n) is 1.11. The van der Waals surface area contributed by atoms with E-state index in [1.807, 2.05) is 6.92 Å². The zero-order valence-electron chi connectivity index (χ0n) is 5.78. The van der Waals surface area contributed by atoms with Crippen LogP contribution in [0, 0.1) is 0 Å². The normalized spacial score (nSPS) is 9.80. The maximum absolute atomic E-state index is 9.09. The molecule has 0 aliphatic carbocycles. The summed E-state index contributed by atoms with van der Waals surface area (Å²) in [7, 11) is -0.917. The Hall–Kier alpha value is -0.735. The van der Waals surface area contributed by atoms with Gasteiger partial charge in [0, 0.05) is 6.61 Å². The average molecular weight is 140 g/mol. The molecule has 0 atom stereocenters. The lowest BCUT2D eigenvalue weighted by Gasteiger charge is -2.00. The van der Waals surface area contributed by atoms with Crippen LogP contribution in [0.3, 0.4) is 0 Å². The van der Waals surface area contributed by atoms with Crippen molar-refractivity contribution in [2.45, 2.75) is 6.92 Å². The molecule has 0 saturated heterocycles. The van der Waals surface area contributed by atoms with Gasteiger partial charge in [0.05, 0.1) is 6.26 Å². The van der Waals surface area contributed by atoms with Gasteiger partial charge in [0.2, 0.25) is 0 Å². The summed E-state index contributed by atoms with van der Waals surface area (Å²) >= 11 is 0. The molecule has 0 aliphatic heterocycles. The summed E-state index contributed by atoms with van der Waals surface area (Å²) in [6, 6.07) is 3.37. The van der Waals surface area contributed by atoms with Gasteiger partial charge < -0.3 is 14.1 Å². The summed E-state index contributed by atoms with van der Waals surface area (Å²) < 4.78 is 9.72. The predicted molar refractivity (Wildman–Crippen MR) is 37.9 cm³/mol. The van der Waals surface area contributed by atoms with E-state index in [2.05, 4.69) is 0 Å². The van der Waals surface area contributed by atoms with Crippen LogP contribution < -0.4 is 5.66 Å². The Morgan fingerprint density at radius 3 is 3.10 bits per heavy atom. The largest absolute Gasteiger partial charge is 0.529 e. The summed E-state index contributed by atoms with van der Waals surface area (Å²) in [5.41, 5.74) is 0.446. The molecule has 3 nitrogen and oxygen atoms in total. The molecular weight excluding hydrogens is 131 g/mol. The van der Waals surface area contributed by atoms with Crippen LogP contribution in [0.1, 0.15) is 6.92 Å². The molecule has 0 saturated carbocycles. The minimum atomic E-state index is -0.917. The summed E-state index contributed by atoms with van der Waals surface area (Å²) in [5.74, 6) is 0. The van der Waals surface area contributed by atoms with Crippen LogP contribution in [0.4, 0.5) is 0 Å². The molecule has 1 aromatic heterocycles. The molecule has 54 valence electrons. The van der Waals surface area contributed by atoms with Crippen molar-refractivity contribution < 1.29 is 14.1 Å². The van der Waals surface area contributed by atoms with Gasteiger partial charge in [-0.1, -0.05) is 0 Å². The van der Waals surface area contributed by atoms with Crippen LogP contribution in [0.5, 0.6) is 0 Å². The minimum absolute atomic E-state index is 0.446. The van der Waals surface area contributed by atoms with E-state index in [4.69, 9.17) is 14.1 Å². The second-order valence-electron chi connectivity index (χ2n) is 1.82. The van der Waals surface area contributed by atoms with Gasteiger partial charge in [0.25, 0.3) is 0 Å². The van der Waals surface area contributed by atoms with E-state index in [9.17, 15) is 0 Å². The maximum Gasteiger partial charge on any atom is 0.529 e. The zero-order chi connectivity index (χ0) is 7.40. The molecule has 0 bridgehead atoms. The summed E-state index contributed by atoms with van der Waals surface area (Å²) in [5, 5.41) is 9.09. The molecule has 0 unspecified atom stereocenters. The second kappa shape index (κ2) is 3.44. The Bertz CT molecular complexity index is 173. The Kier molecular flexibility index (Phi) is 2.53. The van der Waals surface area contributed by atoms with E-state index in [1.54, 1.807) is 12.1 Å². The van der Waals surface area contributed by atoms with Gasteiger partial charge in [-0.05, 0) is 19.1 Å². The molecule has 0 aromatic carbocycles. The van der Waals surface area contributed by atoms with E-state index in [0.29, 0.717) is 12.3 Å². The zero-order valence-corrected chi connectivity index (χ0v) is 5.78. The van der Waals surface area contributed by atoms with Gasteiger partial charge in [-0.3, -0.25) is 0 Å². The van der Waals surface area contributed by atoms with Crippen molar-refractivity contribution in [3.8, 4) is 0 Å². The molecule has 0 amide bonds. The van der Waals surface area contributed by atoms with E-state index >= 15 is 0 Å². The summed E-state index contributed by atoms with van der Waals surface area (Å²) in [4.78, 5) is 0. The van der Waals surface area contributed by atoms with Crippen molar-refractivity contribution in [2.24, 2.45) is 0 Å². The molecule has 1 aromatic rings. The Morgan fingerprint density at radius 1 is 1.80 bits per heavy atom. The van der Waals surface area contributed by atoms with Crippen LogP contribution in [-0.2, 0) is 4.65 Å². The Morgan fingerprint density at radius 2 is 2.60 bits per heavy atom. The van der Waals surface area contributed by atoms with Crippen LogP contribution >= 0.6 is 0 Å². The van der Waals surface area contributed by atoms with Gasteiger partial charge in [0.1, 0.15) is 5.66 Å². The number of furan rings is 1. The van der Waals surface area contributed by atoms with Crippen LogP contribution in [-0.4, -0.2) is 18.7 Å². The molecular formula is C6H9BO3. The lowest BCUT2D eigenvalue weighted by Crippen LogP contribution is -2.32. The molecule has 0 fully saturated rings. The Labute approximate surface area is 59.8 Å². The van der Waals surface area contributed by atoms with Gasteiger partial charge >= 0.3 is 7.12 Å². The third-order valence-corrected chi connectivity index (χ3v) is 1.11. The van der Waals surface area contributed by atoms with Crippen LogP contribution in [0.2, 0.25) is 0 Å². The van der Waals surface area contributed by atoms with E-state index in [1.165, 1.54) is 6.26 Å². The lowest BCUT2D eigenvalue weighted by molar-refractivity contribution is 0.281. The number of hydrogen-bond donors (Lipinski definition) is 1. The first-order valence-corrected chi connectivity index (χ1v) is 3.17. The molecule has 4 heteroatoms. The van der Waals surface area contributed by atoms with Crippen molar-refractivity contribution in [3.05, 3.63) is 18.4 Å². The fourth-order valence-electron chi connectivity index (χ4n) is 0.672. The number of rotatable bonds is 3. The Balaban J connectivity index is 2.50. The van der Waals surface area contributed by atoms with Crippen molar-refractivity contribution in [1.82, 2.24) is 0 Å². The van der Waals surface area contributed by atoms with E-state index in [-0.39, 0.29) is 0 Å². The van der Waals surface area contributed by atoms with Gasteiger partial charge in [-0.15, -0.1) is 0 Å². The van der Waals surface area contributed by atoms with Crippen molar-refractivity contribution in [1.29, 1.82) is 0 Å². The standard InChI is InChI=1S/C6H9BO3/c1-2-10-7(8)6-4-3-5-9-6/h3-5,8H,2H2,1H3. The average Bonchev–Trinajstić information content (AvgIpc) is 2.38. The fraction of sp³-hybridized carbons (Fsp3) is 0.333. The van der Waals surface area contributed by atoms with Gasteiger partial charge in [-0.2, -0.15) is 0 Å². The smallest absolute Gasteiger partial charge is 0.473 e. The minimum Gasteiger partial charge on any atom is -0.473 e. The molecule has 0 aliphatic rings. The summed E-state index contributed by atoms with van der Waals surface area (Å²) in [6.07, 6.45) is 1.50. The molecule has 0 spiro atoms. The first kappa shape index (κ1) is 7.37. The van der Waals surface area contributed by atoms with Crippen molar-refractivity contribution >= 4 is 12.8 Å². The maximum atomic E-state index is 9.09. The number of hydrogen-bond acceptors (Lipinski definition) is 3.